The maximum absolute atomic E-state index is 5.59. The van der Waals surface area contributed by atoms with Crippen LogP contribution in [0.2, 0.25) is 0 Å². The minimum absolute atomic E-state index is 0.317. The molecule has 0 radical (unpaired) electrons. The molecular formula is C14H12O. The van der Waals surface area contributed by atoms with E-state index >= 15 is 0 Å². The molecule has 15 heavy (non-hydrogen) atoms. The van der Waals surface area contributed by atoms with Crippen molar-refractivity contribution in [1.29, 1.82) is 0 Å². The van der Waals surface area contributed by atoms with Gasteiger partial charge in [0.25, 0.3) is 0 Å². The Morgan fingerprint density at radius 1 is 0.800 bits per heavy atom. The smallest absolute Gasteiger partial charge is 0.118 e. The second kappa shape index (κ2) is 3.43. The molecule has 0 bridgehead atoms. The fourth-order valence-electron chi connectivity index (χ4n) is 2.12. The highest BCUT2D eigenvalue weighted by Gasteiger charge is 2.20. The van der Waals surface area contributed by atoms with Gasteiger partial charge in [-0.2, -0.15) is 0 Å². The summed E-state index contributed by atoms with van der Waals surface area (Å²) in [5, 5.41) is 0. The van der Waals surface area contributed by atoms with Crippen LogP contribution in [0.15, 0.2) is 65.4 Å². The highest BCUT2D eigenvalue weighted by atomic mass is 16.3. The second-order valence-electron chi connectivity index (χ2n) is 3.83. The Morgan fingerprint density at radius 2 is 1.40 bits per heavy atom. The highest BCUT2D eigenvalue weighted by Crippen LogP contribution is 2.34. The summed E-state index contributed by atoms with van der Waals surface area (Å²) in [5.41, 5.74) is 1.28. The van der Waals surface area contributed by atoms with Crippen molar-refractivity contribution in [3.8, 4) is 0 Å². The van der Waals surface area contributed by atoms with E-state index < -0.39 is 0 Å². The summed E-state index contributed by atoms with van der Waals surface area (Å²) in [5.74, 6) is 1.78. The maximum Gasteiger partial charge on any atom is 0.118 e. The quantitative estimate of drug-likeness (QED) is 0.703. The lowest BCUT2D eigenvalue weighted by Gasteiger charge is -2.08. The molecule has 1 heterocycles. The molecule has 74 valence electrons. The largest absolute Gasteiger partial charge is 0.468 e. The Morgan fingerprint density at radius 3 is 2.07 bits per heavy atom. The molecule has 0 spiro atoms. The first-order valence-corrected chi connectivity index (χ1v) is 5.22. The summed E-state index contributed by atoms with van der Waals surface area (Å²) in [6, 6.07) is 2.07. The molecule has 1 aromatic heterocycles. The van der Waals surface area contributed by atoms with E-state index in [4.69, 9.17) is 4.42 Å². The Hall–Kier alpha value is -1.76. The van der Waals surface area contributed by atoms with Crippen LogP contribution in [-0.2, 0) is 0 Å². The molecule has 0 aromatic carbocycles. The third kappa shape index (κ3) is 1.40. The Bertz CT molecular complexity index is 405. The van der Waals surface area contributed by atoms with Crippen LogP contribution >= 0.6 is 0 Å². The van der Waals surface area contributed by atoms with E-state index in [0.29, 0.717) is 11.8 Å². The van der Waals surface area contributed by atoms with Gasteiger partial charge in [0, 0.05) is 11.5 Å². The van der Waals surface area contributed by atoms with Crippen molar-refractivity contribution in [3.05, 3.63) is 72.3 Å². The zero-order valence-corrected chi connectivity index (χ0v) is 8.34. The molecule has 0 unspecified atom stereocenters. The van der Waals surface area contributed by atoms with Crippen molar-refractivity contribution in [2.24, 2.45) is 0 Å². The number of furan rings is 1. The number of hydrogen-bond donors (Lipinski definition) is 0. The standard InChI is InChI=1S/C14H12O/c1-2-6-11(5-1)13-9-10-15-14(13)12-7-3-4-8-12/h1-12H. The molecule has 2 aliphatic rings. The number of hydrogen-bond acceptors (Lipinski definition) is 1. The second-order valence-corrected chi connectivity index (χ2v) is 3.83. The van der Waals surface area contributed by atoms with Crippen LogP contribution in [0.4, 0.5) is 0 Å². The monoisotopic (exact) mass is 196 g/mol. The van der Waals surface area contributed by atoms with Gasteiger partial charge in [-0.3, -0.25) is 0 Å². The number of rotatable bonds is 2. The van der Waals surface area contributed by atoms with Crippen molar-refractivity contribution in [3.63, 3.8) is 0 Å². The van der Waals surface area contributed by atoms with Gasteiger partial charge in [0.15, 0.2) is 0 Å². The molecule has 0 saturated carbocycles. The van der Waals surface area contributed by atoms with Gasteiger partial charge in [-0.05, 0) is 6.07 Å². The molecule has 3 rings (SSSR count). The predicted octanol–water partition coefficient (Wildman–Crippen LogP) is 3.70. The fourth-order valence-corrected chi connectivity index (χ4v) is 2.12. The van der Waals surface area contributed by atoms with Crippen molar-refractivity contribution < 1.29 is 4.42 Å². The van der Waals surface area contributed by atoms with E-state index in [-0.39, 0.29) is 0 Å². The minimum atomic E-state index is 0.317. The average Bonchev–Trinajstić information content (AvgIpc) is 3.01. The van der Waals surface area contributed by atoms with Crippen molar-refractivity contribution in [2.75, 3.05) is 0 Å². The third-order valence-electron chi connectivity index (χ3n) is 2.89. The van der Waals surface area contributed by atoms with Crippen molar-refractivity contribution in [2.45, 2.75) is 11.8 Å². The van der Waals surface area contributed by atoms with E-state index in [2.05, 4.69) is 54.7 Å². The zero-order chi connectivity index (χ0) is 10.1. The lowest BCUT2D eigenvalue weighted by Crippen LogP contribution is -1.95. The van der Waals surface area contributed by atoms with Gasteiger partial charge in [0.2, 0.25) is 0 Å². The van der Waals surface area contributed by atoms with Crippen molar-refractivity contribution >= 4 is 0 Å². The average molecular weight is 196 g/mol. The van der Waals surface area contributed by atoms with Crippen LogP contribution in [0.5, 0.6) is 0 Å². The van der Waals surface area contributed by atoms with Crippen LogP contribution < -0.4 is 0 Å². The first-order chi connectivity index (χ1) is 7.45. The maximum atomic E-state index is 5.59. The molecule has 0 aliphatic heterocycles. The van der Waals surface area contributed by atoms with Gasteiger partial charge in [-0.25, -0.2) is 0 Å². The molecule has 0 saturated heterocycles. The molecule has 0 N–H and O–H groups in total. The zero-order valence-electron chi connectivity index (χ0n) is 8.34. The molecule has 1 heteroatoms. The molecule has 1 nitrogen and oxygen atoms in total. The van der Waals surface area contributed by atoms with Crippen LogP contribution in [0.25, 0.3) is 0 Å². The Labute approximate surface area is 89.1 Å². The molecular weight excluding hydrogens is 184 g/mol. The van der Waals surface area contributed by atoms with E-state index in [1.54, 1.807) is 6.26 Å². The first-order valence-electron chi connectivity index (χ1n) is 5.22. The van der Waals surface area contributed by atoms with Gasteiger partial charge in [-0.1, -0.05) is 48.6 Å². The summed E-state index contributed by atoms with van der Waals surface area (Å²) >= 11 is 0. The molecule has 0 amide bonds. The summed E-state index contributed by atoms with van der Waals surface area (Å²) in [6.45, 7) is 0. The molecule has 1 aromatic rings. The van der Waals surface area contributed by atoms with Gasteiger partial charge < -0.3 is 4.42 Å². The molecule has 0 fully saturated rings. The van der Waals surface area contributed by atoms with Crippen LogP contribution in [0.3, 0.4) is 0 Å². The summed E-state index contributed by atoms with van der Waals surface area (Å²) < 4.78 is 5.59. The SMILES string of the molecule is C1=CC(c2ccoc2C2C=CC=C2)C=C1. The minimum Gasteiger partial charge on any atom is -0.468 e. The third-order valence-corrected chi connectivity index (χ3v) is 2.89. The lowest BCUT2D eigenvalue weighted by molar-refractivity contribution is 0.505. The normalized spacial score (nSPS) is 19.7. The summed E-state index contributed by atoms with van der Waals surface area (Å²) in [7, 11) is 0. The van der Waals surface area contributed by atoms with E-state index in [9.17, 15) is 0 Å². The van der Waals surface area contributed by atoms with Crippen LogP contribution in [-0.4, -0.2) is 0 Å². The van der Waals surface area contributed by atoms with Gasteiger partial charge >= 0.3 is 0 Å². The molecule has 2 aliphatic carbocycles. The fraction of sp³-hybridized carbons (Fsp3) is 0.143. The molecule has 0 atom stereocenters. The van der Waals surface area contributed by atoms with Crippen LogP contribution in [0.1, 0.15) is 23.2 Å². The Balaban J connectivity index is 1.98. The summed E-state index contributed by atoms with van der Waals surface area (Å²) in [4.78, 5) is 0. The topological polar surface area (TPSA) is 13.1 Å². The van der Waals surface area contributed by atoms with Crippen LogP contribution in [0, 0.1) is 0 Å². The lowest BCUT2D eigenvalue weighted by atomic mass is 9.95. The van der Waals surface area contributed by atoms with E-state index in [0.717, 1.165) is 5.76 Å². The van der Waals surface area contributed by atoms with Gasteiger partial charge in [0.05, 0.1) is 12.2 Å². The van der Waals surface area contributed by atoms with Gasteiger partial charge in [0.1, 0.15) is 5.76 Å². The van der Waals surface area contributed by atoms with Crippen molar-refractivity contribution in [1.82, 2.24) is 0 Å². The van der Waals surface area contributed by atoms with E-state index in [1.807, 2.05) is 0 Å². The van der Waals surface area contributed by atoms with E-state index in [1.165, 1.54) is 5.56 Å². The first kappa shape index (κ1) is 8.54. The highest BCUT2D eigenvalue weighted by molar-refractivity contribution is 5.41. The number of allylic oxidation sites excluding steroid dienone is 8. The summed E-state index contributed by atoms with van der Waals surface area (Å²) in [6.07, 6.45) is 18.8. The van der Waals surface area contributed by atoms with Gasteiger partial charge in [-0.15, -0.1) is 0 Å². The Kier molecular flexibility index (Phi) is 1.95. The predicted molar refractivity (Wildman–Crippen MR) is 60.8 cm³/mol.